The number of hydrogen-bond acceptors (Lipinski definition) is 5. The maximum Gasteiger partial charge on any atom is 0.416 e. The van der Waals surface area contributed by atoms with E-state index in [0.29, 0.717) is 44.2 Å². The Morgan fingerprint density at radius 2 is 1.44 bits per heavy atom. The predicted molar refractivity (Wildman–Crippen MR) is 133 cm³/mol. The summed E-state index contributed by atoms with van der Waals surface area (Å²) in [6.07, 6.45) is -0.838. The number of alkyl halides is 3. The Hall–Kier alpha value is -3.75. The van der Waals surface area contributed by atoms with Crippen LogP contribution < -0.4 is 5.32 Å². The number of para-hydroxylation sites is 1. The van der Waals surface area contributed by atoms with Crippen LogP contribution in [0.15, 0.2) is 97.3 Å². The molecule has 0 aliphatic heterocycles. The molecule has 0 saturated carbocycles. The number of nitrogens with one attached hydrogen (secondary N) is 1. The fourth-order valence-electron chi connectivity index (χ4n) is 3.73. The van der Waals surface area contributed by atoms with Gasteiger partial charge in [0.1, 0.15) is 0 Å². The van der Waals surface area contributed by atoms with E-state index < -0.39 is 11.7 Å². The summed E-state index contributed by atoms with van der Waals surface area (Å²) in [5.74, 6) is 0. The third-order valence-corrected chi connectivity index (χ3v) is 5.52. The molecule has 5 nitrogen and oxygen atoms in total. The van der Waals surface area contributed by atoms with Crippen molar-refractivity contribution in [3.05, 3.63) is 120 Å². The fraction of sp³-hybridized carbons (Fsp3) is 0.214. The third-order valence-electron chi connectivity index (χ3n) is 5.52. The van der Waals surface area contributed by atoms with Crippen molar-refractivity contribution in [2.45, 2.75) is 25.9 Å². The molecule has 186 valence electrons. The molecule has 0 fully saturated rings. The summed E-state index contributed by atoms with van der Waals surface area (Å²) in [6, 6.07) is 24.3. The van der Waals surface area contributed by atoms with Crippen molar-refractivity contribution in [2.24, 2.45) is 0 Å². The first-order valence-corrected chi connectivity index (χ1v) is 11.6. The van der Waals surface area contributed by atoms with Gasteiger partial charge in [-0.3, -0.25) is 14.9 Å². The summed E-state index contributed by atoms with van der Waals surface area (Å²) < 4.78 is 45.2. The SMILES string of the molecule is FC(F)(F)c1cccc(Nc2ccccc2COCCN(Cc2ccccn2)Cc2ccccn2)c1. The molecule has 0 amide bonds. The van der Waals surface area contributed by atoms with Gasteiger partial charge in [-0.2, -0.15) is 13.2 Å². The van der Waals surface area contributed by atoms with Gasteiger partial charge in [-0.15, -0.1) is 0 Å². The molecule has 8 heteroatoms. The van der Waals surface area contributed by atoms with Crippen molar-refractivity contribution in [3.8, 4) is 0 Å². The number of rotatable bonds is 11. The first-order chi connectivity index (χ1) is 17.5. The number of hydrogen-bond donors (Lipinski definition) is 1. The zero-order valence-electron chi connectivity index (χ0n) is 19.7. The molecule has 4 aromatic rings. The van der Waals surface area contributed by atoms with Crippen molar-refractivity contribution in [1.29, 1.82) is 0 Å². The molecule has 0 radical (unpaired) electrons. The molecular formula is C28H27F3N4O. The molecule has 0 aliphatic rings. The minimum Gasteiger partial charge on any atom is -0.375 e. The molecule has 0 atom stereocenters. The summed E-state index contributed by atoms with van der Waals surface area (Å²) in [4.78, 5) is 11.1. The molecule has 2 aromatic carbocycles. The molecule has 0 unspecified atom stereocenters. The minimum absolute atomic E-state index is 0.323. The van der Waals surface area contributed by atoms with Crippen LogP contribution in [0.2, 0.25) is 0 Å². The molecule has 0 saturated heterocycles. The molecule has 4 rings (SSSR count). The second-order valence-corrected chi connectivity index (χ2v) is 8.27. The molecule has 2 aromatic heterocycles. The standard InChI is InChI=1S/C28H27F3N4O/c29-28(30,31)23-9-7-12-24(18-23)34-27-13-2-1-8-22(27)21-36-17-16-35(19-25-10-3-5-14-32-25)20-26-11-4-6-15-33-26/h1-15,18,34H,16-17,19-21H2. The first-order valence-electron chi connectivity index (χ1n) is 11.6. The summed E-state index contributed by atoms with van der Waals surface area (Å²) in [5.41, 5.74) is 3.16. The van der Waals surface area contributed by atoms with Crippen molar-refractivity contribution < 1.29 is 17.9 Å². The van der Waals surface area contributed by atoms with Crippen LogP contribution in [0.1, 0.15) is 22.5 Å². The van der Waals surface area contributed by atoms with Crippen LogP contribution in [-0.2, 0) is 30.6 Å². The Bertz CT molecular complexity index is 1180. The highest BCUT2D eigenvalue weighted by Crippen LogP contribution is 2.32. The molecule has 1 N–H and O–H groups in total. The lowest BCUT2D eigenvalue weighted by Crippen LogP contribution is -2.27. The highest BCUT2D eigenvalue weighted by atomic mass is 19.4. The van der Waals surface area contributed by atoms with Gasteiger partial charge >= 0.3 is 6.18 Å². The smallest absolute Gasteiger partial charge is 0.375 e. The maximum absolute atomic E-state index is 13.1. The molecule has 36 heavy (non-hydrogen) atoms. The van der Waals surface area contributed by atoms with E-state index in [-0.39, 0.29) is 0 Å². The van der Waals surface area contributed by atoms with Crippen LogP contribution in [0.4, 0.5) is 24.5 Å². The lowest BCUT2D eigenvalue weighted by molar-refractivity contribution is -0.137. The zero-order valence-corrected chi connectivity index (χ0v) is 19.7. The summed E-state index contributed by atoms with van der Waals surface area (Å²) in [7, 11) is 0. The first kappa shape index (κ1) is 25.3. The van der Waals surface area contributed by atoms with Crippen LogP contribution in [0.25, 0.3) is 0 Å². The van der Waals surface area contributed by atoms with Gasteiger partial charge in [0.05, 0.1) is 30.2 Å². The Morgan fingerprint density at radius 3 is 2.08 bits per heavy atom. The number of nitrogens with zero attached hydrogens (tertiary/aromatic N) is 3. The Kier molecular flexibility index (Phi) is 8.65. The molecule has 0 spiro atoms. The lowest BCUT2D eigenvalue weighted by Gasteiger charge is -2.22. The minimum atomic E-state index is -4.39. The van der Waals surface area contributed by atoms with Gasteiger partial charge in [0.15, 0.2) is 0 Å². The lowest BCUT2D eigenvalue weighted by atomic mass is 10.1. The Labute approximate surface area is 208 Å². The van der Waals surface area contributed by atoms with Gasteiger partial charge < -0.3 is 10.1 Å². The van der Waals surface area contributed by atoms with Crippen LogP contribution in [0, 0.1) is 0 Å². The monoisotopic (exact) mass is 492 g/mol. The fourth-order valence-corrected chi connectivity index (χ4v) is 3.73. The second kappa shape index (κ2) is 12.3. The predicted octanol–water partition coefficient (Wildman–Crippen LogP) is 6.46. The van der Waals surface area contributed by atoms with Gasteiger partial charge in [0, 0.05) is 49.0 Å². The van der Waals surface area contributed by atoms with Gasteiger partial charge in [-0.05, 0) is 48.5 Å². The van der Waals surface area contributed by atoms with Crippen LogP contribution in [-0.4, -0.2) is 28.0 Å². The number of anilines is 2. The number of aromatic nitrogens is 2. The maximum atomic E-state index is 13.1. The zero-order chi connectivity index (χ0) is 25.2. The molecule has 0 aliphatic carbocycles. The van der Waals surface area contributed by atoms with E-state index in [9.17, 15) is 13.2 Å². The normalized spacial score (nSPS) is 11.6. The number of pyridine rings is 2. The summed E-state index contributed by atoms with van der Waals surface area (Å²) in [5, 5.41) is 3.09. The quantitative estimate of drug-likeness (QED) is 0.244. The second-order valence-electron chi connectivity index (χ2n) is 8.27. The highest BCUT2D eigenvalue weighted by Gasteiger charge is 2.30. The van der Waals surface area contributed by atoms with Gasteiger partial charge in [-0.1, -0.05) is 36.4 Å². The van der Waals surface area contributed by atoms with E-state index in [1.54, 1.807) is 18.5 Å². The van der Waals surface area contributed by atoms with Gasteiger partial charge in [-0.25, -0.2) is 0 Å². The number of ether oxygens (including phenoxy) is 1. The van der Waals surface area contributed by atoms with Gasteiger partial charge in [0.25, 0.3) is 0 Å². The van der Waals surface area contributed by atoms with Crippen molar-refractivity contribution in [2.75, 3.05) is 18.5 Å². The number of halogens is 3. The van der Waals surface area contributed by atoms with E-state index in [1.807, 2.05) is 60.7 Å². The molecule has 2 heterocycles. The molecular weight excluding hydrogens is 465 g/mol. The average Bonchev–Trinajstić information content (AvgIpc) is 2.88. The Morgan fingerprint density at radius 1 is 0.778 bits per heavy atom. The van der Waals surface area contributed by atoms with Crippen LogP contribution in [0.3, 0.4) is 0 Å². The van der Waals surface area contributed by atoms with E-state index in [1.165, 1.54) is 6.07 Å². The number of benzene rings is 2. The average molecular weight is 493 g/mol. The largest absolute Gasteiger partial charge is 0.416 e. The van der Waals surface area contributed by atoms with Crippen LogP contribution >= 0.6 is 0 Å². The van der Waals surface area contributed by atoms with E-state index >= 15 is 0 Å². The molecule has 0 bridgehead atoms. The van der Waals surface area contributed by atoms with Crippen LogP contribution in [0.5, 0.6) is 0 Å². The Balaban J connectivity index is 1.36. The third kappa shape index (κ3) is 7.63. The van der Waals surface area contributed by atoms with E-state index in [4.69, 9.17) is 4.74 Å². The summed E-state index contributed by atoms with van der Waals surface area (Å²) >= 11 is 0. The topological polar surface area (TPSA) is 50.3 Å². The summed E-state index contributed by atoms with van der Waals surface area (Å²) in [6.45, 7) is 2.78. The van der Waals surface area contributed by atoms with Crippen molar-refractivity contribution >= 4 is 11.4 Å². The van der Waals surface area contributed by atoms with Crippen molar-refractivity contribution in [1.82, 2.24) is 14.9 Å². The van der Waals surface area contributed by atoms with E-state index in [2.05, 4.69) is 20.2 Å². The van der Waals surface area contributed by atoms with Crippen molar-refractivity contribution in [3.63, 3.8) is 0 Å². The van der Waals surface area contributed by atoms with E-state index in [0.717, 1.165) is 29.1 Å². The highest BCUT2D eigenvalue weighted by molar-refractivity contribution is 5.63. The van der Waals surface area contributed by atoms with Gasteiger partial charge in [0.2, 0.25) is 0 Å².